The number of nitrogens with zero attached hydrogens (tertiary/aromatic N) is 2. The van der Waals surface area contributed by atoms with Crippen molar-refractivity contribution >= 4 is 17.6 Å². The van der Waals surface area contributed by atoms with Gasteiger partial charge in [-0.25, -0.2) is 0 Å². The molecule has 2 aromatic carbocycles. The van der Waals surface area contributed by atoms with Crippen molar-refractivity contribution in [3.8, 4) is 0 Å². The number of pyridine rings is 1. The third kappa shape index (κ3) is 5.85. The number of amides is 2. The van der Waals surface area contributed by atoms with E-state index < -0.39 is 6.04 Å². The average Bonchev–Trinajstić information content (AvgIpc) is 3.23. The topological polar surface area (TPSA) is 79.4 Å². The molecule has 5 rings (SSSR count). The first kappa shape index (κ1) is 24.6. The summed E-state index contributed by atoms with van der Waals surface area (Å²) < 4.78 is 0. The van der Waals surface area contributed by atoms with Crippen LogP contribution in [0.2, 0.25) is 0 Å². The first-order valence-corrected chi connectivity index (χ1v) is 12.9. The number of allylic oxidation sites excluding steroid dienone is 1. The molecule has 0 radical (unpaired) electrons. The second kappa shape index (κ2) is 10.9. The molecule has 2 aliphatic heterocycles. The van der Waals surface area contributed by atoms with Crippen molar-refractivity contribution in [1.82, 2.24) is 15.2 Å². The molecule has 1 fully saturated rings. The molecule has 0 saturated carbocycles. The van der Waals surface area contributed by atoms with Crippen LogP contribution in [0.15, 0.2) is 79.3 Å². The van der Waals surface area contributed by atoms with E-state index in [4.69, 9.17) is 0 Å². The smallest absolute Gasteiger partial charge is 0.255 e. The number of carbonyl (C=O) groups is 3. The van der Waals surface area contributed by atoms with Gasteiger partial charge in [0.1, 0.15) is 11.8 Å². The summed E-state index contributed by atoms with van der Waals surface area (Å²) in [4.78, 5) is 43.7. The van der Waals surface area contributed by atoms with Gasteiger partial charge in [-0.05, 0) is 78.1 Å². The first-order valence-electron chi connectivity index (χ1n) is 12.9. The van der Waals surface area contributed by atoms with Crippen LogP contribution in [0, 0.1) is 0 Å². The molecule has 1 saturated heterocycles. The monoisotopic (exact) mass is 493 g/mol. The van der Waals surface area contributed by atoms with E-state index in [1.165, 1.54) is 11.1 Å². The Hall–Kier alpha value is -4.06. The Morgan fingerprint density at radius 3 is 2.32 bits per heavy atom. The average molecular weight is 494 g/mol. The van der Waals surface area contributed by atoms with Crippen molar-refractivity contribution in [2.24, 2.45) is 0 Å². The van der Waals surface area contributed by atoms with Gasteiger partial charge in [-0.2, -0.15) is 0 Å². The summed E-state index contributed by atoms with van der Waals surface area (Å²) in [5.41, 5.74) is 6.87. The minimum absolute atomic E-state index is 0.102. The highest BCUT2D eigenvalue weighted by atomic mass is 16.2. The maximum absolute atomic E-state index is 12.9. The lowest BCUT2D eigenvalue weighted by atomic mass is 9.98. The number of ketones is 1. The van der Waals surface area contributed by atoms with Gasteiger partial charge in [-0.15, -0.1) is 0 Å². The van der Waals surface area contributed by atoms with Crippen LogP contribution in [0.5, 0.6) is 0 Å². The fourth-order valence-electron chi connectivity index (χ4n) is 5.12. The molecule has 0 aliphatic carbocycles. The van der Waals surface area contributed by atoms with Crippen LogP contribution in [0.3, 0.4) is 0 Å². The maximum Gasteiger partial charge on any atom is 0.255 e. The fourth-order valence-corrected chi connectivity index (χ4v) is 5.12. The van der Waals surface area contributed by atoms with E-state index in [1.54, 1.807) is 4.90 Å². The molecule has 2 amide bonds. The van der Waals surface area contributed by atoms with E-state index in [2.05, 4.69) is 29.0 Å². The van der Waals surface area contributed by atoms with Gasteiger partial charge < -0.3 is 10.2 Å². The number of aryl methyl sites for hydroxylation is 3. The van der Waals surface area contributed by atoms with Gasteiger partial charge in [0.25, 0.3) is 5.91 Å². The van der Waals surface area contributed by atoms with Crippen LogP contribution in [-0.4, -0.2) is 33.5 Å². The predicted octanol–water partition coefficient (Wildman–Crippen LogP) is 4.36. The van der Waals surface area contributed by atoms with E-state index in [0.717, 1.165) is 29.5 Å². The number of hydrogen-bond acceptors (Lipinski definition) is 4. The Bertz CT molecular complexity index is 1330. The van der Waals surface area contributed by atoms with E-state index in [1.807, 2.05) is 54.9 Å². The molecule has 1 N–H and O–H groups in total. The SMILES string of the molecule is C=C1CCC(N2Cc3cc(CCC(=O)Cc4ccc(CCc5ccncc5)cc4)ccc3C2=O)C(=O)N1. The first-order chi connectivity index (χ1) is 18.0. The number of piperidine rings is 1. The molecule has 0 spiro atoms. The van der Waals surface area contributed by atoms with Crippen LogP contribution in [0.4, 0.5) is 0 Å². The summed E-state index contributed by atoms with van der Waals surface area (Å²) in [6.07, 6.45) is 8.33. The lowest BCUT2D eigenvalue weighted by Crippen LogP contribution is -2.49. The summed E-state index contributed by atoms with van der Waals surface area (Å²) in [5, 5.41) is 2.77. The molecule has 1 unspecified atom stereocenters. The molecule has 3 heterocycles. The Morgan fingerprint density at radius 1 is 0.919 bits per heavy atom. The van der Waals surface area contributed by atoms with Gasteiger partial charge in [0.05, 0.1) is 0 Å². The number of fused-ring (bicyclic) bond motifs is 1. The number of carbonyl (C=O) groups excluding carboxylic acids is 3. The molecule has 2 aliphatic rings. The zero-order chi connectivity index (χ0) is 25.8. The molecule has 0 bridgehead atoms. The summed E-state index contributed by atoms with van der Waals surface area (Å²) in [5.74, 6) is -0.0682. The Morgan fingerprint density at radius 2 is 1.59 bits per heavy atom. The Kier molecular flexibility index (Phi) is 7.26. The largest absolute Gasteiger partial charge is 0.329 e. The van der Waals surface area contributed by atoms with Crippen LogP contribution >= 0.6 is 0 Å². The van der Waals surface area contributed by atoms with Crippen molar-refractivity contribution in [1.29, 1.82) is 0 Å². The zero-order valence-electron chi connectivity index (χ0n) is 20.9. The number of hydrogen-bond donors (Lipinski definition) is 1. The summed E-state index contributed by atoms with van der Waals surface area (Å²) >= 11 is 0. The summed E-state index contributed by atoms with van der Waals surface area (Å²) in [6.45, 7) is 4.24. The Balaban J connectivity index is 1.12. The molecular formula is C31H31N3O3. The quantitative estimate of drug-likeness (QED) is 0.480. The molecule has 6 heteroatoms. The van der Waals surface area contributed by atoms with Crippen molar-refractivity contribution in [3.05, 3.63) is 113 Å². The molecule has 6 nitrogen and oxygen atoms in total. The Labute approximate surface area is 217 Å². The van der Waals surface area contributed by atoms with Gasteiger partial charge in [0, 0.05) is 43.0 Å². The predicted molar refractivity (Wildman–Crippen MR) is 142 cm³/mol. The van der Waals surface area contributed by atoms with Gasteiger partial charge in [0.2, 0.25) is 5.91 Å². The van der Waals surface area contributed by atoms with Crippen LogP contribution in [-0.2, 0) is 41.8 Å². The minimum atomic E-state index is -0.461. The third-order valence-electron chi connectivity index (χ3n) is 7.27. The lowest BCUT2D eigenvalue weighted by Gasteiger charge is -2.30. The maximum atomic E-state index is 12.9. The standard InChI is InChI=1S/C31H31N3O3/c1-21-2-13-29(30(36)33-21)34-20-26-18-24(10-12-28(26)31(34)37)9-11-27(35)19-25-7-5-22(6-8-25)3-4-23-14-16-32-17-15-23/h5-8,10,12,14-18,29H,1-4,9,11,13,19-20H2,(H,33,36). The highest BCUT2D eigenvalue weighted by molar-refractivity contribution is 6.01. The zero-order valence-corrected chi connectivity index (χ0v) is 20.9. The molecule has 37 heavy (non-hydrogen) atoms. The third-order valence-corrected chi connectivity index (χ3v) is 7.27. The lowest BCUT2D eigenvalue weighted by molar-refractivity contribution is -0.126. The normalized spacial score (nSPS) is 17.0. The van der Waals surface area contributed by atoms with E-state index in [9.17, 15) is 14.4 Å². The second-order valence-corrected chi connectivity index (χ2v) is 9.96. The number of rotatable bonds is 9. The van der Waals surface area contributed by atoms with Crippen molar-refractivity contribution in [2.45, 2.75) is 57.5 Å². The van der Waals surface area contributed by atoms with Gasteiger partial charge in [-0.1, -0.05) is 43.0 Å². The van der Waals surface area contributed by atoms with Crippen molar-refractivity contribution in [2.75, 3.05) is 0 Å². The van der Waals surface area contributed by atoms with Gasteiger partial charge >= 0.3 is 0 Å². The number of aromatic nitrogens is 1. The molecular weight excluding hydrogens is 462 g/mol. The second-order valence-electron chi connectivity index (χ2n) is 9.96. The molecule has 188 valence electrons. The van der Waals surface area contributed by atoms with Crippen molar-refractivity contribution < 1.29 is 14.4 Å². The van der Waals surface area contributed by atoms with E-state index >= 15 is 0 Å². The fraction of sp³-hybridized carbons (Fsp3) is 0.290. The summed E-state index contributed by atoms with van der Waals surface area (Å²) in [7, 11) is 0. The van der Waals surface area contributed by atoms with E-state index in [-0.39, 0.29) is 17.6 Å². The van der Waals surface area contributed by atoms with Crippen molar-refractivity contribution in [3.63, 3.8) is 0 Å². The number of Topliss-reactive ketones (excluding diaryl/α,β-unsaturated/α-hetero) is 1. The molecule has 3 aromatic rings. The summed E-state index contributed by atoms with van der Waals surface area (Å²) in [6, 6.07) is 17.7. The van der Waals surface area contributed by atoms with Gasteiger partial charge in [0.15, 0.2) is 0 Å². The van der Waals surface area contributed by atoms with Crippen LogP contribution in [0.25, 0.3) is 0 Å². The van der Waals surface area contributed by atoms with Crippen LogP contribution < -0.4 is 5.32 Å². The number of benzene rings is 2. The van der Waals surface area contributed by atoms with Crippen LogP contribution in [0.1, 0.15) is 57.4 Å². The molecule has 1 atom stereocenters. The van der Waals surface area contributed by atoms with E-state index in [0.29, 0.717) is 49.9 Å². The number of nitrogens with one attached hydrogen (secondary N) is 1. The molecule has 1 aromatic heterocycles. The van der Waals surface area contributed by atoms with Gasteiger partial charge in [-0.3, -0.25) is 19.4 Å². The highest BCUT2D eigenvalue weighted by Gasteiger charge is 2.38. The highest BCUT2D eigenvalue weighted by Crippen LogP contribution is 2.29. The minimum Gasteiger partial charge on any atom is -0.329 e.